The van der Waals surface area contributed by atoms with Gasteiger partial charge in [-0.15, -0.1) is 0 Å². The van der Waals surface area contributed by atoms with Gasteiger partial charge in [-0.25, -0.2) is 4.79 Å². The molecule has 9 nitrogen and oxygen atoms in total. The highest BCUT2D eigenvalue weighted by molar-refractivity contribution is 5.90. The summed E-state index contributed by atoms with van der Waals surface area (Å²) in [4.78, 5) is 21.6. The zero-order valence-corrected chi connectivity index (χ0v) is 14.2. The van der Waals surface area contributed by atoms with E-state index in [4.69, 9.17) is 14.6 Å². The fourth-order valence-electron chi connectivity index (χ4n) is 2.62. The molecule has 0 radical (unpaired) electrons. The molecule has 2 aromatic carbocycles. The Balaban J connectivity index is 2.01. The van der Waals surface area contributed by atoms with Crippen molar-refractivity contribution < 1.29 is 24.3 Å². The van der Waals surface area contributed by atoms with E-state index in [-0.39, 0.29) is 22.7 Å². The first kappa shape index (κ1) is 17.9. The van der Waals surface area contributed by atoms with Gasteiger partial charge in [0.2, 0.25) is 5.75 Å². The number of aliphatic carboxylic acids is 1. The van der Waals surface area contributed by atoms with E-state index < -0.39 is 17.5 Å². The second-order valence-electron chi connectivity index (χ2n) is 5.46. The molecular weight excluding hydrogens is 354 g/mol. The average Bonchev–Trinajstić information content (AvgIpc) is 3.07. The molecule has 0 spiro atoms. The smallest absolute Gasteiger partial charge is 0.341 e. The van der Waals surface area contributed by atoms with Crippen LogP contribution in [0.2, 0.25) is 0 Å². The number of carboxylic acids is 1. The molecule has 3 aromatic rings. The molecule has 27 heavy (non-hydrogen) atoms. The van der Waals surface area contributed by atoms with Gasteiger partial charge in [0.1, 0.15) is 0 Å². The van der Waals surface area contributed by atoms with Gasteiger partial charge < -0.3 is 14.6 Å². The lowest BCUT2D eigenvalue weighted by molar-refractivity contribution is -0.386. The number of hydrogen-bond acceptors (Lipinski definition) is 6. The summed E-state index contributed by atoms with van der Waals surface area (Å²) >= 11 is 0. The highest BCUT2D eigenvalue weighted by Gasteiger charge is 2.24. The molecular formula is C18H15N3O6. The van der Waals surface area contributed by atoms with E-state index >= 15 is 0 Å². The lowest BCUT2D eigenvalue weighted by Crippen LogP contribution is -2.10. The van der Waals surface area contributed by atoms with Crippen LogP contribution in [0.15, 0.2) is 36.4 Å². The highest BCUT2D eigenvalue weighted by Crippen LogP contribution is 2.40. The Morgan fingerprint density at radius 3 is 2.78 bits per heavy atom. The number of carboxylic acid groups (broad SMARTS) is 1. The third kappa shape index (κ3) is 3.71. The molecule has 138 valence electrons. The molecule has 9 heteroatoms. The van der Waals surface area contributed by atoms with Gasteiger partial charge >= 0.3 is 11.7 Å². The number of aromatic nitrogens is 2. The van der Waals surface area contributed by atoms with Crippen molar-refractivity contribution in [3.8, 4) is 11.5 Å². The van der Waals surface area contributed by atoms with E-state index in [0.717, 1.165) is 10.9 Å². The van der Waals surface area contributed by atoms with Gasteiger partial charge in [-0.1, -0.05) is 18.2 Å². The molecule has 0 aliphatic heterocycles. The summed E-state index contributed by atoms with van der Waals surface area (Å²) in [7, 11) is 1.25. The number of para-hydroxylation sites is 1. The fourth-order valence-corrected chi connectivity index (χ4v) is 2.62. The molecule has 0 saturated carbocycles. The molecule has 3 rings (SSSR count). The van der Waals surface area contributed by atoms with Crippen LogP contribution in [0, 0.1) is 10.1 Å². The number of nitro groups is 1. The molecule has 0 saturated heterocycles. The maximum absolute atomic E-state index is 11.6. The quantitative estimate of drug-likeness (QED) is 0.484. The second kappa shape index (κ2) is 7.56. The van der Waals surface area contributed by atoms with Gasteiger partial charge in [-0.3, -0.25) is 15.2 Å². The van der Waals surface area contributed by atoms with Crippen molar-refractivity contribution in [2.45, 2.75) is 0 Å². The second-order valence-corrected chi connectivity index (χ2v) is 5.46. The molecule has 0 unspecified atom stereocenters. The van der Waals surface area contributed by atoms with Gasteiger partial charge in [-0.05, 0) is 30.4 Å². The molecule has 0 aliphatic carbocycles. The van der Waals surface area contributed by atoms with Crippen LogP contribution in [0.1, 0.15) is 11.3 Å². The maximum Gasteiger partial charge on any atom is 0.341 e. The number of methoxy groups -OCH3 is 1. The summed E-state index contributed by atoms with van der Waals surface area (Å²) in [6, 6.07) is 10.4. The summed E-state index contributed by atoms with van der Waals surface area (Å²) in [5.41, 5.74) is 1.43. The van der Waals surface area contributed by atoms with Crippen LogP contribution >= 0.6 is 0 Å². The summed E-state index contributed by atoms with van der Waals surface area (Å²) in [6.45, 7) is -0.637. The van der Waals surface area contributed by atoms with E-state index in [9.17, 15) is 14.9 Å². The normalized spacial score (nSPS) is 11.0. The Bertz CT molecular complexity index is 1040. The first-order valence-corrected chi connectivity index (χ1v) is 7.82. The van der Waals surface area contributed by atoms with Crippen molar-refractivity contribution >= 4 is 34.7 Å². The highest BCUT2D eigenvalue weighted by atomic mass is 16.6. The SMILES string of the molecule is COc1c(OCC(=O)O)ccc(C=Cc2n[nH]c3ccccc23)c1[N+](=O)[O-]. The molecule has 1 aromatic heterocycles. The lowest BCUT2D eigenvalue weighted by atomic mass is 10.1. The molecule has 0 aliphatic rings. The van der Waals surface area contributed by atoms with Crippen LogP contribution < -0.4 is 9.47 Å². The number of nitrogens with zero attached hydrogens (tertiary/aromatic N) is 2. The number of rotatable bonds is 7. The Kier molecular flexibility index (Phi) is 5.02. The molecule has 1 heterocycles. The van der Waals surface area contributed by atoms with Crippen molar-refractivity contribution in [3.05, 3.63) is 57.8 Å². The van der Waals surface area contributed by atoms with Crippen LogP contribution in [0.25, 0.3) is 23.1 Å². The summed E-state index contributed by atoms with van der Waals surface area (Å²) < 4.78 is 10.2. The molecule has 0 amide bonds. The molecule has 0 bridgehead atoms. The van der Waals surface area contributed by atoms with Crippen LogP contribution in [0.4, 0.5) is 5.69 Å². The average molecular weight is 369 g/mol. The predicted octanol–water partition coefficient (Wildman–Crippen LogP) is 3.11. The van der Waals surface area contributed by atoms with Crippen molar-refractivity contribution in [1.82, 2.24) is 10.2 Å². The standard InChI is InChI=1S/C18H15N3O6/c1-26-18-15(27-10-16(22)23)9-7-11(17(18)21(24)25)6-8-14-12-4-2-3-5-13(12)19-20-14/h2-9H,10H2,1H3,(H,19,20)(H,22,23). The third-order valence-corrected chi connectivity index (χ3v) is 3.79. The van der Waals surface area contributed by atoms with E-state index in [1.165, 1.54) is 19.2 Å². The monoisotopic (exact) mass is 369 g/mol. The largest absolute Gasteiger partial charge is 0.488 e. The van der Waals surface area contributed by atoms with Gasteiger partial charge in [0.05, 0.1) is 28.8 Å². The van der Waals surface area contributed by atoms with E-state index in [1.54, 1.807) is 12.2 Å². The minimum Gasteiger partial charge on any atom is -0.488 e. The maximum atomic E-state index is 11.6. The molecule has 0 fully saturated rings. The number of ether oxygens (including phenoxy) is 2. The van der Waals surface area contributed by atoms with Gasteiger partial charge in [0, 0.05) is 5.39 Å². The number of H-pyrrole nitrogens is 1. The van der Waals surface area contributed by atoms with Crippen LogP contribution in [-0.2, 0) is 4.79 Å². The van der Waals surface area contributed by atoms with E-state index in [0.29, 0.717) is 5.69 Å². The summed E-state index contributed by atoms with van der Waals surface area (Å²) in [5, 5.41) is 28.2. The number of aromatic amines is 1. The lowest BCUT2D eigenvalue weighted by Gasteiger charge is -2.10. The number of benzene rings is 2. The third-order valence-electron chi connectivity index (χ3n) is 3.79. The first-order chi connectivity index (χ1) is 13.0. The topological polar surface area (TPSA) is 128 Å². The minimum absolute atomic E-state index is 0.0195. The van der Waals surface area contributed by atoms with Crippen LogP contribution in [0.5, 0.6) is 11.5 Å². The molecule has 2 N–H and O–H groups in total. The Hall–Kier alpha value is -3.88. The summed E-state index contributed by atoms with van der Waals surface area (Å²) in [5.74, 6) is -1.36. The zero-order valence-electron chi connectivity index (χ0n) is 14.2. The predicted molar refractivity (Wildman–Crippen MR) is 97.8 cm³/mol. The van der Waals surface area contributed by atoms with Crippen molar-refractivity contribution in [1.29, 1.82) is 0 Å². The molecule has 0 atom stereocenters. The number of nitrogens with one attached hydrogen (secondary N) is 1. The van der Waals surface area contributed by atoms with Crippen LogP contribution in [0.3, 0.4) is 0 Å². The number of carbonyl (C=O) groups is 1. The van der Waals surface area contributed by atoms with E-state index in [2.05, 4.69) is 10.2 Å². The number of fused-ring (bicyclic) bond motifs is 1. The van der Waals surface area contributed by atoms with Gasteiger partial charge in [0.25, 0.3) is 0 Å². The Labute approximate surface area is 153 Å². The number of hydrogen-bond donors (Lipinski definition) is 2. The summed E-state index contributed by atoms with van der Waals surface area (Å²) in [6.07, 6.45) is 3.20. The Morgan fingerprint density at radius 2 is 2.07 bits per heavy atom. The van der Waals surface area contributed by atoms with Crippen molar-refractivity contribution in [2.24, 2.45) is 0 Å². The van der Waals surface area contributed by atoms with Crippen LogP contribution in [-0.4, -0.2) is 39.9 Å². The fraction of sp³-hybridized carbons (Fsp3) is 0.111. The number of nitro benzene ring substituents is 1. The zero-order chi connectivity index (χ0) is 19.4. The van der Waals surface area contributed by atoms with Gasteiger partial charge in [0.15, 0.2) is 12.4 Å². The Morgan fingerprint density at radius 1 is 1.30 bits per heavy atom. The van der Waals surface area contributed by atoms with Gasteiger partial charge in [-0.2, -0.15) is 5.10 Å². The van der Waals surface area contributed by atoms with Crippen molar-refractivity contribution in [3.63, 3.8) is 0 Å². The first-order valence-electron chi connectivity index (χ1n) is 7.82. The minimum atomic E-state index is -1.20. The van der Waals surface area contributed by atoms with Crippen molar-refractivity contribution in [2.75, 3.05) is 13.7 Å². The van der Waals surface area contributed by atoms with E-state index in [1.807, 2.05) is 24.3 Å².